The van der Waals surface area contributed by atoms with E-state index in [1.807, 2.05) is 0 Å². The standard InChI is InChI=1S/C19H17N3O6/c1-19(14-7-3-2-4-8-14)17(24)21(18(25)20-19)11-16(23)28-12-13-6-5-9-15(10-13)22(26)27/h2-10H,11-12H2,1H3,(H,20,25). The number of esters is 1. The van der Waals surface area contributed by atoms with E-state index in [-0.39, 0.29) is 12.3 Å². The van der Waals surface area contributed by atoms with Crippen LogP contribution < -0.4 is 5.32 Å². The quantitative estimate of drug-likeness (QED) is 0.353. The molecule has 1 aliphatic rings. The third-order valence-corrected chi connectivity index (χ3v) is 4.43. The van der Waals surface area contributed by atoms with Crippen molar-refractivity contribution in [2.75, 3.05) is 6.54 Å². The average molecular weight is 383 g/mol. The van der Waals surface area contributed by atoms with Gasteiger partial charge in [-0.25, -0.2) is 4.79 Å². The molecular formula is C19H17N3O6. The number of benzene rings is 2. The predicted octanol–water partition coefficient (Wildman–Crippen LogP) is 2.11. The van der Waals surface area contributed by atoms with Crippen LogP contribution in [0.1, 0.15) is 18.1 Å². The van der Waals surface area contributed by atoms with Crippen LogP contribution in [0.25, 0.3) is 0 Å². The van der Waals surface area contributed by atoms with Crippen molar-refractivity contribution in [2.45, 2.75) is 19.1 Å². The first kappa shape index (κ1) is 19.0. The molecular weight excluding hydrogens is 366 g/mol. The summed E-state index contributed by atoms with van der Waals surface area (Å²) in [6.45, 7) is 0.805. The number of nitro groups is 1. The van der Waals surface area contributed by atoms with E-state index in [1.165, 1.54) is 18.2 Å². The number of rotatable bonds is 6. The number of non-ortho nitro benzene ring substituents is 1. The van der Waals surface area contributed by atoms with Gasteiger partial charge in [-0.05, 0) is 18.1 Å². The zero-order chi connectivity index (χ0) is 20.3. The van der Waals surface area contributed by atoms with Crippen molar-refractivity contribution in [1.29, 1.82) is 0 Å². The van der Waals surface area contributed by atoms with Crippen LogP contribution in [0.2, 0.25) is 0 Å². The molecule has 1 heterocycles. The van der Waals surface area contributed by atoms with Crippen molar-refractivity contribution in [3.8, 4) is 0 Å². The first-order valence-electron chi connectivity index (χ1n) is 8.40. The summed E-state index contributed by atoms with van der Waals surface area (Å²) >= 11 is 0. The Morgan fingerprint density at radius 1 is 1.18 bits per heavy atom. The lowest BCUT2D eigenvalue weighted by Gasteiger charge is -2.21. The van der Waals surface area contributed by atoms with Crippen LogP contribution in [-0.4, -0.2) is 34.3 Å². The van der Waals surface area contributed by atoms with Gasteiger partial charge in [-0.15, -0.1) is 0 Å². The number of hydrogen-bond donors (Lipinski definition) is 1. The van der Waals surface area contributed by atoms with Crippen molar-refractivity contribution in [3.63, 3.8) is 0 Å². The smallest absolute Gasteiger partial charge is 0.326 e. The molecule has 1 unspecified atom stereocenters. The monoisotopic (exact) mass is 383 g/mol. The van der Waals surface area contributed by atoms with Gasteiger partial charge in [-0.1, -0.05) is 42.5 Å². The lowest BCUT2D eigenvalue weighted by Crippen LogP contribution is -2.41. The number of nitrogens with one attached hydrogen (secondary N) is 1. The summed E-state index contributed by atoms with van der Waals surface area (Å²) in [7, 11) is 0. The van der Waals surface area contributed by atoms with E-state index >= 15 is 0 Å². The minimum absolute atomic E-state index is 0.124. The number of imide groups is 1. The van der Waals surface area contributed by atoms with Gasteiger partial charge >= 0.3 is 12.0 Å². The fourth-order valence-corrected chi connectivity index (χ4v) is 2.91. The highest BCUT2D eigenvalue weighted by Gasteiger charge is 2.49. The molecule has 144 valence electrons. The third-order valence-electron chi connectivity index (χ3n) is 4.43. The average Bonchev–Trinajstić information content (AvgIpc) is 2.91. The van der Waals surface area contributed by atoms with E-state index in [2.05, 4.69) is 5.32 Å². The molecule has 0 saturated carbocycles. The van der Waals surface area contributed by atoms with E-state index in [4.69, 9.17) is 4.74 Å². The summed E-state index contributed by atoms with van der Waals surface area (Å²) in [6.07, 6.45) is 0. The highest BCUT2D eigenvalue weighted by atomic mass is 16.6. The highest BCUT2D eigenvalue weighted by molar-refractivity contribution is 6.08. The van der Waals surface area contributed by atoms with Crippen LogP contribution in [0.5, 0.6) is 0 Å². The second-order valence-electron chi connectivity index (χ2n) is 6.40. The fourth-order valence-electron chi connectivity index (χ4n) is 2.91. The lowest BCUT2D eigenvalue weighted by atomic mass is 9.92. The first-order valence-corrected chi connectivity index (χ1v) is 8.40. The van der Waals surface area contributed by atoms with E-state index in [9.17, 15) is 24.5 Å². The Bertz CT molecular complexity index is 946. The molecule has 0 radical (unpaired) electrons. The van der Waals surface area contributed by atoms with Crippen LogP contribution in [0.4, 0.5) is 10.5 Å². The molecule has 9 nitrogen and oxygen atoms in total. The number of amides is 3. The molecule has 0 spiro atoms. The minimum Gasteiger partial charge on any atom is -0.459 e. The Morgan fingerprint density at radius 2 is 1.89 bits per heavy atom. The number of hydrogen-bond acceptors (Lipinski definition) is 6. The molecule has 3 rings (SSSR count). The SMILES string of the molecule is CC1(c2ccccc2)NC(=O)N(CC(=O)OCc2cccc([N+](=O)[O-])c2)C1=O. The van der Waals surface area contributed by atoms with Crippen LogP contribution in [-0.2, 0) is 26.5 Å². The zero-order valence-corrected chi connectivity index (χ0v) is 15.0. The predicted molar refractivity (Wildman–Crippen MR) is 96.9 cm³/mol. The number of ether oxygens (including phenoxy) is 1. The summed E-state index contributed by atoms with van der Waals surface area (Å²) in [5.41, 5.74) is -0.366. The van der Waals surface area contributed by atoms with E-state index in [0.29, 0.717) is 11.1 Å². The van der Waals surface area contributed by atoms with Crippen molar-refractivity contribution in [3.05, 3.63) is 75.8 Å². The Labute approximate surface area is 160 Å². The van der Waals surface area contributed by atoms with Gasteiger partial charge in [0, 0.05) is 12.1 Å². The number of urea groups is 1. The van der Waals surface area contributed by atoms with Gasteiger partial charge in [0.15, 0.2) is 0 Å². The van der Waals surface area contributed by atoms with Gasteiger partial charge in [-0.2, -0.15) is 0 Å². The second kappa shape index (κ2) is 7.47. The van der Waals surface area contributed by atoms with Crippen molar-refractivity contribution < 1.29 is 24.0 Å². The third kappa shape index (κ3) is 3.68. The zero-order valence-electron chi connectivity index (χ0n) is 15.0. The van der Waals surface area contributed by atoms with Crippen molar-refractivity contribution in [2.24, 2.45) is 0 Å². The van der Waals surface area contributed by atoms with Crippen LogP contribution >= 0.6 is 0 Å². The first-order chi connectivity index (χ1) is 13.3. The largest absolute Gasteiger partial charge is 0.459 e. The Hall–Kier alpha value is -3.75. The maximum atomic E-state index is 12.7. The molecule has 1 atom stereocenters. The molecule has 28 heavy (non-hydrogen) atoms. The summed E-state index contributed by atoms with van der Waals surface area (Å²) in [5.74, 6) is -1.36. The topological polar surface area (TPSA) is 119 Å². The summed E-state index contributed by atoms with van der Waals surface area (Å²) in [4.78, 5) is 48.1. The highest BCUT2D eigenvalue weighted by Crippen LogP contribution is 2.28. The molecule has 2 aromatic rings. The Balaban J connectivity index is 1.64. The van der Waals surface area contributed by atoms with Gasteiger partial charge in [0.1, 0.15) is 18.7 Å². The summed E-state index contributed by atoms with van der Waals surface area (Å²) < 4.78 is 5.06. The molecule has 0 aromatic heterocycles. The molecule has 1 fully saturated rings. The van der Waals surface area contributed by atoms with Crippen LogP contribution in [0.3, 0.4) is 0 Å². The molecule has 1 saturated heterocycles. The molecule has 0 bridgehead atoms. The molecule has 1 aliphatic heterocycles. The number of carbonyl (C=O) groups is 3. The van der Waals surface area contributed by atoms with Gasteiger partial charge < -0.3 is 10.1 Å². The van der Waals surface area contributed by atoms with Gasteiger partial charge in [0.2, 0.25) is 0 Å². The molecule has 0 aliphatic carbocycles. The summed E-state index contributed by atoms with van der Waals surface area (Å²) in [6, 6.07) is 13.7. The molecule has 1 N–H and O–H groups in total. The van der Waals surface area contributed by atoms with E-state index in [0.717, 1.165) is 4.90 Å². The van der Waals surface area contributed by atoms with Gasteiger partial charge in [0.25, 0.3) is 11.6 Å². The normalized spacial score (nSPS) is 18.7. The number of carbonyl (C=O) groups excluding carboxylic acids is 3. The maximum Gasteiger partial charge on any atom is 0.326 e. The second-order valence-corrected chi connectivity index (χ2v) is 6.40. The minimum atomic E-state index is -1.27. The number of nitrogens with zero attached hydrogens (tertiary/aromatic N) is 2. The molecule has 2 aromatic carbocycles. The van der Waals surface area contributed by atoms with Crippen molar-refractivity contribution in [1.82, 2.24) is 10.2 Å². The van der Waals surface area contributed by atoms with Crippen molar-refractivity contribution >= 4 is 23.6 Å². The lowest BCUT2D eigenvalue weighted by molar-refractivity contribution is -0.384. The number of nitro benzene ring substituents is 1. The van der Waals surface area contributed by atoms with E-state index < -0.39 is 34.9 Å². The van der Waals surface area contributed by atoms with Crippen LogP contribution in [0.15, 0.2) is 54.6 Å². The Morgan fingerprint density at radius 3 is 2.57 bits per heavy atom. The van der Waals surface area contributed by atoms with E-state index in [1.54, 1.807) is 43.3 Å². The van der Waals surface area contributed by atoms with Crippen LogP contribution in [0, 0.1) is 10.1 Å². The molecule has 9 heteroatoms. The van der Waals surface area contributed by atoms with Gasteiger partial charge in [-0.3, -0.25) is 24.6 Å². The summed E-state index contributed by atoms with van der Waals surface area (Å²) in [5, 5.41) is 13.4. The Kier molecular flexibility index (Phi) is 5.08. The van der Waals surface area contributed by atoms with Gasteiger partial charge in [0.05, 0.1) is 4.92 Å². The fraction of sp³-hybridized carbons (Fsp3) is 0.211. The maximum absolute atomic E-state index is 12.7. The molecule has 3 amide bonds.